The van der Waals surface area contributed by atoms with Gasteiger partial charge < -0.3 is 14.2 Å². The van der Waals surface area contributed by atoms with Gasteiger partial charge in [0.05, 0.1) is 18.6 Å². The number of nitrogens with zero attached hydrogens (tertiary/aromatic N) is 5. The standard InChI is InChI=1S/C16H19N5O3/c1-10-19-16(24-20-10)13-8-23-14-7-21(6-12(13)14)15(22)3-2-11-4-17-9-18-5-11/h4-5,9,12-14H,2-3,6-8H2,1H3/t12-,13+,14-/m1/s1. The van der Waals surface area contributed by atoms with Crippen LogP contribution in [0.1, 0.15) is 29.6 Å². The molecule has 2 aromatic rings. The van der Waals surface area contributed by atoms with Gasteiger partial charge in [0.25, 0.3) is 0 Å². The minimum atomic E-state index is 0.0613. The molecule has 24 heavy (non-hydrogen) atoms. The van der Waals surface area contributed by atoms with E-state index in [9.17, 15) is 4.79 Å². The molecule has 8 heteroatoms. The second-order valence-electron chi connectivity index (χ2n) is 6.37. The lowest BCUT2D eigenvalue weighted by Crippen LogP contribution is -2.31. The van der Waals surface area contributed by atoms with Gasteiger partial charge in [-0.1, -0.05) is 5.16 Å². The Bertz CT molecular complexity index is 720. The number of rotatable bonds is 4. The highest BCUT2D eigenvalue weighted by Gasteiger charge is 2.47. The smallest absolute Gasteiger partial charge is 0.232 e. The van der Waals surface area contributed by atoms with Crippen molar-refractivity contribution in [2.45, 2.75) is 31.8 Å². The number of aromatic nitrogens is 4. The number of aryl methyl sites for hydroxylation is 2. The molecule has 0 unspecified atom stereocenters. The highest BCUT2D eigenvalue weighted by atomic mass is 16.5. The summed E-state index contributed by atoms with van der Waals surface area (Å²) >= 11 is 0. The Labute approximate surface area is 139 Å². The fourth-order valence-corrected chi connectivity index (χ4v) is 3.50. The zero-order valence-corrected chi connectivity index (χ0v) is 13.5. The van der Waals surface area contributed by atoms with E-state index >= 15 is 0 Å². The monoisotopic (exact) mass is 329 g/mol. The summed E-state index contributed by atoms with van der Waals surface area (Å²) in [5.74, 6) is 1.70. The second kappa shape index (κ2) is 6.27. The Balaban J connectivity index is 1.36. The molecule has 8 nitrogen and oxygen atoms in total. The predicted octanol–water partition coefficient (Wildman–Crippen LogP) is 0.742. The van der Waals surface area contributed by atoms with E-state index in [1.807, 2.05) is 4.90 Å². The minimum absolute atomic E-state index is 0.0613. The molecule has 0 radical (unpaired) electrons. The second-order valence-corrected chi connectivity index (χ2v) is 6.37. The van der Waals surface area contributed by atoms with Crippen LogP contribution in [0.4, 0.5) is 0 Å². The van der Waals surface area contributed by atoms with E-state index in [1.165, 1.54) is 6.33 Å². The van der Waals surface area contributed by atoms with Crippen molar-refractivity contribution in [1.29, 1.82) is 0 Å². The van der Waals surface area contributed by atoms with Gasteiger partial charge in [0.1, 0.15) is 6.33 Å². The minimum Gasteiger partial charge on any atom is -0.375 e. The van der Waals surface area contributed by atoms with Crippen molar-refractivity contribution >= 4 is 5.91 Å². The van der Waals surface area contributed by atoms with Crippen molar-refractivity contribution in [1.82, 2.24) is 25.0 Å². The van der Waals surface area contributed by atoms with E-state index in [1.54, 1.807) is 19.3 Å². The molecule has 0 aromatic carbocycles. The number of likely N-dealkylation sites (tertiary alicyclic amines) is 1. The van der Waals surface area contributed by atoms with Gasteiger partial charge in [-0.15, -0.1) is 0 Å². The lowest BCUT2D eigenvalue weighted by atomic mass is 9.93. The molecule has 0 N–H and O–H groups in total. The molecule has 2 aliphatic heterocycles. The topological polar surface area (TPSA) is 94.2 Å². The molecule has 0 bridgehead atoms. The number of hydrogen-bond donors (Lipinski definition) is 0. The van der Waals surface area contributed by atoms with Crippen LogP contribution >= 0.6 is 0 Å². The van der Waals surface area contributed by atoms with Gasteiger partial charge in [-0.05, 0) is 18.9 Å². The molecule has 2 fully saturated rings. The molecule has 0 spiro atoms. The average molecular weight is 329 g/mol. The summed E-state index contributed by atoms with van der Waals surface area (Å²) in [4.78, 5) is 26.6. The SMILES string of the molecule is Cc1noc([C@H]2CO[C@@H]3CN(C(=O)CCc4cncnc4)C[C@H]23)n1. The first-order valence-corrected chi connectivity index (χ1v) is 8.14. The third-order valence-corrected chi connectivity index (χ3v) is 4.77. The van der Waals surface area contributed by atoms with Crippen molar-refractivity contribution in [3.8, 4) is 0 Å². The first-order chi connectivity index (χ1) is 11.7. The fourth-order valence-electron chi connectivity index (χ4n) is 3.50. The Morgan fingerprint density at radius 3 is 2.92 bits per heavy atom. The highest BCUT2D eigenvalue weighted by molar-refractivity contribution is 5.76. The lowest BCUT2D eigenvalue weighted by Gasteiger charge is -2.18. The summed E-state index contributed by atoms with van der Waals surface area (Å²) in [5.41, 5.74) is 0.973. The van der Waals surface area contributed by atoms with Gasteiger partial charge >= 0.3 is 0 Å². The number of amides is 1. The van der Waals surface area contributed by atoms with Crippen LogP contribution in [-0.2, 0) is 16.0 Å². The van der Waals surface area contributed by atoms with Gasteiger partial charge in [-0.3, -0.25) is 4.79 Å². The van der Waals surface area contributed by atoms with Gasteiger partial charge in [-0.2, -0.15) is 4.98 Å². The fraction of sp³-hybridized carbons (Fsp3) is 0.562. The predicted molar refractivity (Wildman–Crippen MR) is 81.9 cm³/mol. The number of carbonyl (C=O) groups excluding carboxylic acids is 1. The van der Waals surface area contributed by atoms with Gasteiger partial charge in [-0.25, -0.2) is 9.97 Å². The molecule has 0 aliphatic carbocycles. The summed E-state index contributed by atoms with van der Waals surface area (Å²) < 4.78 is 11.2. The van der Waals surface area contributed by atoms with Crippen LogP contribution in [0.15, 0.2) is 23.2 Å². The largest absolute Gasteiger partial charge is 0.375 e. The maximum atomic E-state index is 12.5. The van der Waals surface area contributed by atoms with E-state index in [4.69, 9.17) is 9.26 Å². The van der Waals surface area contributed by atoms with Crippen LogP contribution in [0.25, 0.3) is 0 Å². The molecule has 126 valence electrons. The van der Waals surface area contributed by atoms with Crippen molar-refractivity contribution < 1.29 is 14.1 Å². The number of ether oxygens (including phenoxy) is 1. The first-order valence-electron chi connectivity index (χ1n) is 8.14. The highest BCUT2D eigenvalue weighted by Crippen LogP contribution is 2.39. The maximum absolute atomic E-state index is 12.5. The van der Waals surface area contributed by atoms with Crippen LogP contribution in [-0.4, -0.2) is 56.7 Å². The van der Waals surface area contributed by atoms with E-state index in [2.05, 4.69) is 20.1 Å². The van der Waals surface area contributed by atoms with E-state index in [-0.39, 0.29) is 23.8 Å². The summed E-state index contributed by atoms with van der Waals surface area (Å²) in [6.07, 6.45) is 6.15. The van der Waals surface area contributed by atoms with E-state index < -0.39 is 0 Å². The van der Waals surface area contributed by atoms with E-state index in [0.29, 0.717) is 44.3 Å². The Morgan fingerprint density at radius 2 is 2.17 bits per heavy atom. The van der Waals surface area contributed by atoms with Gasteiger partial charge in [0.2, 0.25) is 11.8 Å². The summed E-state index contributed by atoms with van der Waals surface area (Å²) in [5, 5.41) is 3.86. The molecule has 2 aromatic heterocycles. The zero-order valence-electron chi connectivity index (χ0n) is 13.5. The molecule has 4 rings (SSSR count). The Kier molecular flexibility index (Phi) is 3.97. The molecule has 0 saturated carbocycles. The number of carbonyl (C=O) groups is 1. The molecule has 2 aliphatic rings. The maximum Gasteiger partial charge on any atom is 0.232 e. The van der Waals surface area contributed by atoms with Crippen LogP contribution in [0.2, 0.25) is 0 Å². The van der Waals surface area contributed by atoms with Gasteiger partial charge in [0, 0.05) is 37.8 Å². The zero-order chi connectivity index (χ0) is 16.5. The normalized spacial score (nSPS) is 25.9. The van der Waals surface area contributed by atoms with Gasteiger partial charge in [0.15, 0.2) is 5.82 Å². The molecular formula is C16H19N5O3. The Hall–Kier alpha value is -2.35. The molecule has 2 saturated heterocycles. The average Bonchev–Trinajstić information content (AvgIpc) is 3.28. The van der Waals surface area contributed by atoms with Crippen LogP contribution in [0.5, 0.6) is 0 Å². The third kappa shape index (κ3) is 2.89. The van der Waals surface area contributed by atoms with Crippen LogP contribution in [0.3, 0.4) is 0 Å². The van der Waals surface area contributed by atoms with Crippen molar-refractivity contribution in [3.05, 3.63) is 36.0 Å². The van der Waals surface area contributed by atoms with Crippen LogP contribution < -0.4 is 0 Å². The molecular weight excluding hydrogens is 310 g/mol. The number of hydrogen-bond acceptors (Lipinski definition) is 7. The van der Waals surface area contributed by atoms with Crippen molar-refractivity contribution in [2.75, 3.05) is 19.7 Å². The van der Waals surface area contributed by atoms with Crippen molar-refractivity contribution in [2.24, 2.45) is 5.92 Å². The van der Waals surface area contributed by atoms with Crippen molar-refractivity contribution in [3.63, 3.8) is 0 Å². The summed E-state index contributed by atoms with van der Waals surface area (Å²) in [6, 6.07) is 0. The molecule has 3 atom stereocenters. The molecule has 4 heterocycles. The summed E-state index contributed by atoms with van der Waals surface area (Å²) in [7, 11) is 0. The first kappa shape index (κ1) is 15.2. The van der Waals surface area contributed by atoms with Crippen LogP contribution in [0, 0.1) is 12.8 Å². The van der Waals surface area contributed by atoms with E-state index in [0.717, 1.165) is 5.56 Å². The Morgan fingerprint density at radius 1 is 1.33 bits per heavy atom. The summed E-state index contributed by atoms with van der Waals surface area (Å²) in [6.45, 7) is 3.71. The quantitative estimate of drug-likeness (QED) is 0.816. The molecule has 1 amide bonds. The number of fused-ring (bicyclic) bond motifs is 1. The third-order valence-electron chi connectivity index (χ3n) is 4.77. The lowest BCUT2D eigenvalue weighted by molar-refractivity contribution is -0.130.